The summed E-state index contributed by atoms with van der Waals surface area (Å²) in [5.74, 6) is 0.0887. The van der Waals surface area contributed by atoms with E-state index in [-0.39, 0.29) is 17.7 Å². The van der Waals surface area contributed by atoms with Crippen LogP contribution in [-0.4, -0.2) is 18.6 Å². The monoisotopic (exact) mass is 328 g/mol. The van der Waals surface area contributed by atoms with Crippen LogP contribution < -0.4 is 11.1 Å². The van der Waals surface area contributed by atoms with Crippen LogP contribution in [-0.2, 0) is 9.59 Å². The molecule has 2 amide bonds. The molecule has 0 heterocycles. The summed E-state index contributed by atoms with van der Waals surface area (Å²) in [4.78, 5) is 20.4. The summed E-state index contributed by atoms with van der Waals surface area (Å²) in [5, 5.41) is 5.08. The van der Waals surface area contributed by atoms with Gasteiger partial charge >= 0.3 is 0 Å². The Morgan fingerprint density at radius 1 is 1.32 bits per heavy atom. The second-order valence-corrected chi connectivity index (χ2v) is 6.96. The first-order chi connectivity index (χ1) is 10.2. The summed E-state index contributed by atoms with van der Waals surface area (Å²) < 4.78 is 0. The highest BCUT2D eigenvalue weighted by Crippen LogP contribution is 2.20. The zero-order valence-electron chi connectivity index (χ0n) is 14.9. The highest BCUT2D eigenvalue weighted by atomic mass is 32.2. The predicted octanol–water partition coefficient (Wildman–Crippen LogP) is 3.98. The Morgan fingerprint density at radius 3 is 2.27 bits per heavy atom. The van der Waals surface area contributed by atoms with Crippen LogP contribution in [0.1, 0.15) is 60.3 Å². The maximum absolute atomic E-state index is 11.8. The van der Waals surface area contributed by atoms with Gasteiger partial charge in [0.25, 0.3) is 0 Å². The average Bonchev–Trinajstić information content (AvgIpc) is 2.40. The summed E-state index contributed by atoms with van der Waals surface area (Å²) in [6.07, 6.45) is 8.17. The van der Waals surface area contributed by atoms with Crippen LogP contribution in [0.25, 0.3) is 0 Å². The lowest BCUT2D eigenvalue weighted by molar-refractivity contribution is -0.121. The largest absolute Gasteiger partial charge is 0.372 e. The van der Waals surface area contributed by atoms with Gasteiger partial charge in [-0.05, 0) is 48.0 Å². The minimum atomic E-state index is 0.0337. The molecule has 0 fully saturated rings. The number of thioether (sulfide) groups is 1. The third-order valence-electron chi connectivity index (χ3n) is 2.71. The zero-order valence-corrected chi connectivity index (χ0v) is 15.7. The minimum Gasteiger partial charge on any atom is -0.372 e. The van der Waals surface area contributed by atoms with E-state index in [0.717, 1.165) is 12.0 Å². The van der Waals surface area contributed by atoms with Crippen molar-refractivity contribution in [2.24, 2.45) is 11.1 Å². The highest BCUT2D eigenvalue weighted by Gasteiger charge is 2.15. The van der Waals surface area contributed by atoms with Gasteiger partial charge in [0.15, 0.2) is 0 Å². The Morgan fingerprint density at radius 2 is 1.86 bits per heavy atom. The van der Waals surface area contributed by atoms with Crippen LogP contribution in [0.4, 0.5) is 0 Å². The van der Waals surface area contributed by atoms with Crippen molar-refractivity contribution in [1.29, 1.82) is 0 Å². The lowest BCUT2D eigenvalue weighted by Crippen LogP contribution is -2.23. The van der Waals surface area contributed by atoms with Crippen molar-refractivity contribution in [2.45, 2.75) is 60.3 Å². The molecule has 22 heavy (non-hydrogen) atoms. The van der Waals surface area contributed by atoms with Crippen LogP contribution in [0.2, 0.25) is 0 Å². The maximum Gasteiger partial charge on any atom is 0.224 e. The molecule has 0 aliphatic carbocycles. The molecule has 3 N–H and O–H groups in total. The number of carbonyl (C=O) groups is 2. The molecule has 0 aliphatic heterocycles. The van der Waals surface area contributed by atoms with Crippen LogP contribution >= 0.6 is 11.8 Å². The minimum absolute atomic E-state index is 0.0337. The molecule has 0 bridgehead atoms. The van der Waals surface area contributed by atoms with Crippen LogP contribution in [0, 0.1) is 5.41 Å². The second-order valence-electron chi connectivity index (χ2n) is 6.25. The Balaban J connectivity index is 0. The van der Waals surface area contributed by atoms with E-state index >= 15 is 0 Å². The quantitative estimate of drug-likeness (QED) is 0.548. The maximum atomic E-state index is 11.8. The van der Waals surface area contributed by atoms with Crippen molar-refractivity contribution in [2.75, 3.05) is 6.26 Å². The molecular weight excluding hydrogens is 296 g/mol. The van der Waals surface area contributed by atoms with Gasteiger partial charge in [-0.15, -0.1) is 11.8 Å². The summed E-state index contributed by atoms with van der Waals surface area (Å²) in [7, 11) is 0. The summed E-state index contributed by atoms with van der Waals surface area (Å²) >= 11 is 1.72. The lowest BCUT2D eigenvalue weighted by Gasteiger charge is -2.16. The first kappa shape index (κ1) is 23.0. The van der Waals surface area contributed by atoms with Gasteiger partial charge in [0.05, 0.1) is 0 Å². The number of nitrogens with two attached hydrogens (primary N) is 1. The molecule has 0 rings (SSSR count). The second kappa shape index (κ2) is 13.4. The number of primary amides is 1. The molecule has 0 unspecified atom stereocenters. The SMILES string of the molecule is CCCCC(=C/SC)/C(C)=C/NC(=O)CC(C)(C)C.NC=O. The molecule has 0 spiro atoms. The molecule has 0 atom stereocenters. The fourth-order valence-electron chi connectivity index (χ4n) is 1.67. The van der Waals surface area contributed by atoms with E-state index in [2.05, 4.69) is 57.3 Å². The van der Waals surface area contributed by atoms with Crippen molar-refractivity contribution in [3.63, 3.8) is 0 Å². The zero-order chi connectivity index (χ0) is 17.6. The molecule has 0 saturated carbocycles. The topological polar surface area (TPSA) is 72.2 Å². The first-order valence-corrected chi connectivity index (χ1v) is 8.84. The van der Waals surface area contributed by atoms with E-state index in [9.17, 15) is 4.79 Å². The van der Waals surface area contributed by atoms with E-state index in [1.165, 1.54) is 18.4 Å². The molecule has 128 valence electrons. The molecule has 5 heteroatoms. The molecule has 4 nitrogen and oxygen atoms in total. The van der Waals surface area contributed by atoms with Gasteiger partial charge in [-0.2, -0.15) is 0 Å². The van der Waals surface area contributed by atoms with Crippen LogP contribution in [0.3, 0.4) is 0 Å². The van der Waals surface area contributed by atoms with E-state index < -0.39 is 0 Å². The normalized spacial score (nSPS) is 12.3. The number of amides is 2. The van der Waals surface area contributed by atoms with Crippen molar-refractivity contribution in [3.05, 3.63) is 22.8 Å². The van der Waals surface area contributed by atoms with E-state index in [1.54, 1.807) is 11.8 Å². The van der Waals surface area contributed by atoms with Crippen molar-refractivity contribution in [3.8, 4) is 0 Å². The van der Waals surface area contributed by atoms with Crippen LogP contribution in [0.15, 0.2) is 22.8 Å². The Kier molecular flexibility index (Phi) is 14.1. The molecule has 0 radical (unpaired) electrons. The third-order valence-corrected chi connectivity index (χ3v) is 3.23. The number of hydrogen-bond donors (Lipinski definition) is 2. The fraction of sp³-hybridized carbons (Fsp3) is 0.647. The van der Waals surface area contributed by atoms with E-state index in [0.29, 0.717) is 6.42 Å². The van der Waals surface area contributed by atoms with Gasteiger partial charge < -0.3 is 11.1 Å². The number of carbonyl (C=O) groups excluding carboxylic acids is 2. The molecule has 0 aromatic heterocycles. The van der Waals surface area contributed by atoms with Gasteiger partial charge in [0.1, 0.15) is 0 Å². The number of allylic oxidation sites excluding steroid dienone is 2. The predicted molar refractivity (Wildman–Crippen MR) is 97.3 cm³/mol. The van der Waals surface area contributed by atoms with Gasteiger partial charge in [-0.25, -0.2) is 0 Å². The Hall–Kier alpha value is -1.23. The van der Waals surface area contributed by atoms with Crippen molar-refractivity contribution in [1.82, 2.24) is 5.32 Å². The number of nitrogens with one attached hydrogen (secondary N) is 1. The fourth-order valence-corrected chi connectivity index (χ4v) is 2.26. The summed E-state index contributed by atoms with van der Waals surface area (Å²) in [5.41, 5.74) is 6.68. The van der Waals surface area contributed by atoms with Crippen molar-refractivity contribution < 1.29 is 9.59 Å². The first-order valence-electron chi connectivity index (χ1n) is 7.55. The van der Waals surface area contributed by atoms with E-state index in [4.69, 9.17) is 4.79 Å². The summed E-state index contributed by atoms with van der Waals surface area (Å²) in [6.45, 7) is 10.5. The van der Waals surface area contributed by atoms with Gasteiger partial charge in [-0.1, -0.05) is 34.1 Å². The number of hydrogen-bond acceptors (Lipinski definition) is 3. The number of unbranched alkanes of at least 4 members (excludes halogenated alkanes) is 1. The third kappa shape index (κ3) is 15.2. The smallest absolute Gasteiger partial charge is 0.224 e. The van der Waals surface area contributed by atoms with Crippen LogP contribution in [0.5, 0.6) is 0 Å². The molecular formula is C17H32N2O2S. The summed E-state index contributed by atoms with van der Waals surface area (Å²) in [6, 6.07) is 0. The van der Waals surface area contributed by atoms with Gasteiger partial charge in [-0.3, -0.25) is 9.59 Å². The molecule has 0 aromatic rings. The van der Waals surface area contributed by atoms with Gasteiger partial charge in [0, 0.05) is 12.6 Å². The average molecular weight is 329 g/mol. The van der Waals surface area contributed by atoms with E-state index in [1.807, 2.05) is 6.20 Å². The van der Waals surface area contributed by atoms with Gasteiger partial charge in [0.2, 0.25) is 12.3 Å². The molecule has 0 saturated heterocycles. The molecule has 0 aromatic carbocycles. The standard InChI is InChI=1S/C16H29NOS.CH3NO/c1-7-8-9-14(12-19-6)13(2)11-17-15(18)10-16(3,4)5;2-1-3/h11-12H,7-10H2,1-6H3,(H,17,18);1H,(H2,2,3)/b13-11+,14-12-;. The van der Waals surface area contributed by atoms with Crippen molar-refractivity contribution >= 4 is 24.1 Å². The Bertz CT molecular complexity index is 383. The lowest BCUT2D eigenvalue weighted by atomic mass is 9.92. The Labute approximate surface area is 140 Å². The molecule has 0 aliphatic rings. The number of rotatable bonds is 7. The highest BCUT2D eigenvalue weighted by molar-refractivity contribution is 8.01.